The largest absolute Gasteiger partial charge is 0.481 e. The predicted molar refractivity (Wildman–Crippen MR) is 56.4 cm³/mol. The second-order valence-corrected chi connectivity index (χ2v) is 4.67. The lowest BCUT2D eigenvalue weighted by Gasteiger charge is -2.24. The predicted octanol–water partition coefficient (Wildman–Crippen LogP) is 1.40. The fourth-order valence-electron chi connectivity index (χ4n) is 1.98. The molecular formula is C11H19NO3. The van der Waals surface area contributed by atoms with E-state index in [-0.39, 0.29) is 18.4 Å². The molecule has 0 saturated heterocycles. The smallest absolute Gasteiger partial charge is 0.311 e. The number of amides is 1. The van der Waals surface area contributed by atoms with Crippen LogP contribution in [0.25, 0.3) is 0 Å². The Kier molecular flexibility index (Phi) is 3.72. The molecule has 0 bridgehead atoms. The third-order valence-electron chi connectivity index (χ3n) is 3.14. The lowest BCUT2D eigenvalue weighted by atomic mass is 9.86. The minimum atomic E-state index is -0.774. The summed E-state index contributed by atoms with van der Waals surface area (Å²) in [6.07, 6.45) is 3.26. The Morgan fingerprint density at radius 3 is 2.27 bits per heavy atom. The Morgan fingerprint density at radius 1 is 1.33 bits per heavy atom. The van der Waals surface area contributed by atoms with Crippen molar-refractivity contribution in [1.82, 2.24) is 5.32 Å². The topological polar surface area (TPSA) is 66.4 Å². The normalized spacial score (nSPS) is 19.1. The summed E-state index contributed by atoms with van der Waals surface area (Å²) in [7, 11) is 0. The fraction of sp³-hybridized carbons (Fsp3) is 0.818. The van der Waals surface area contributed by atoms with Crippen molar-refractivity contribution in [3.8, 4) is 0 Å². The molecular weight excluding hydrogens is 194 g/mol. The van der Waals surface area contributed by atoms with Crippen molar-refractivity contribution in [2.45, 2.75) is 39.5 Å². The van der Waals surface area contributed by atoms with Crippen LogP contribution in [0.2, 0.25) is 0 Å². The highest BCUT2D eigenvalue weighted by Crippen LogP contribution is 2.37. The van der Waals surface area contributed by atoms with E-state index in [1.165, 1.54) is 0 Å². The summed E-state index contributed by atoms with van der Waals surface area (Å²) in [5, 5.41) is 11.9. The van der Waals surface area contributed by atoms with Crippen molar-refractivity contribution >= 4 is 11.9 Å². The van der Waals surface area contributed by atoms with Crippen LogP contribution in [-0.4, -0.2) is 23.5 Å². The van der Waals surface area contributed by atoms with Gasteiger partial charge in [-0.25, -0.2) is 0 Å². The highest BCUT2D eigenvalue weighted by molar-refractivity contribution is 5.80. The molecule has 0 heterocycles. The van der Waals surface area contributed by atoms with Crippen molar-refractivity contribution in [3.05, 3.63) is 0 Å². The zero-order valence-electron chi connectivity index (χ0n) is 9.38. The average Bonchev–Trinajstić information content (AvgIpc) is 2.63. The molecule has 4 nitrogen and oxygen atoms in total. The van der Waals surface area contributed by atoms with Gasteiger partial charge in [0.15, 0.2) is 0 Å². The van der Waals surface area contributed by atoms with Crippen molar-refractivity contribution < 1.29 is 14.7 Å². The molecule has 86 valence electrons. The van der Waals surface area contributed by atoms with Crippen LogP contribution in [0.3, 0.4) is 0 Å². The third-order valence-corrected chi connectivity index (χ3v) is 3.14. The van der Waals surface area contributed by atoms with E-state index >= 15 is 0 Å². The van der Waals surface area contributed by atoms with Crippen molar-refractivity contribution in [2.75, 3.05) is 6.54 Å². The zero-order chi connectivity index (χ0) is 11.5. The summed E-state index contributed by atoms with van der Waals surface area (Å²) in [4.78, 5) is 22.5. The molecule has 0 spiro atoms. The van der Waals surface area contributed by atoms with Crippen LogP contribution in [0.15, 0.2) is 0 Å². The molecule has 0 aromatic carbocycles. The van der Waals surface area contributed by atoms with E-state index in [0.717, 1.165) is 12.8 Å². The third kappa shape index (κ3) is 2.70. The average molecular weight is 213 g/mol. The molecule has 1 saturated carbocycles. The van der Waals surface area contributed by atoms with E-state index in [4.69, 9.17) is 5.11 Å². The first-order valence-electron chi connectivity index (χ1n) is 5.49. The molecule has 1 aliphatic carbocycles. The minimum absolute atomic E-state index is 0.0671. The molecule has 0 unspecified atom stereocenters. The van der Waals surface area contributed by atoms with Gasteiger partial charge in [0.05, 0.1) is 5.41 Å². The highest BCUT2D eigenvalue weighted by Gasteiger charge is 2.41. The van der Waals surface area contributed by atoms with Crippen molar-refractivity contribution in [3.63, 3.8) is 0 Å². The minimum Gasteiger partial charge on any atom is -0.481 e. The van der Waals surface area contributed by atoms with Crippen LogP contribution in [0.1, 0.15) is 39.5 Å². The van der Waals surface area contributed by atoms with E-state index < -0.39 is 11.4 Å². The lowest BCUT2D eigenvalue weighted by Crippen LogP contribution is -2.42. The number of carboxylic acid groups (broad SMARTS) is 1. The maximum absolute atomic E-state index is 11.4. The van der Waals surface area contributed by atoms with Crippen LogP contribution in [0.5, 0.6) is 0 Å². The highest BCUT2D eigenvalue weighted by atomic mass is 16.4. The van der Waals surface area contributed by atoms with Gasteiger partial charge in [0, 0.05) is 12.5 Å². The van der Waals surface area contributed by atoms with E-state index in [9.17, 15) is 9.59 Å². The first kappa shape index (κ1) is 12.0. The van der Waals surface area contributed by atoms with Gasteiger partial charge in [-0.15, -0.1) is 0 Å². The lowest BCUT2D eigenvalue weighted by molar-refractivity contribution is -0.148. The zero-order valence-corrected chi connectivity index (χ0v) is 9.38. The Balaban J connectivity index is 2.53. The summed E-state index contributed by atoms with van der Waals surface area (Å²) in [6.45, 7) is 3.88. The second-order valence-electron chi connectivity index (χ2n) is 4.67. The summed E-state index contributed by atoms with van der Waals surface area (Å²) in [5.41, 5.74) is -0.704. The standard InChI is InChI=1S/C11H19NO3/c1-8(2)9(13)12-7-11(10(14)15)5-3-4-6-11/h8H,3-7H2,1-2H3,(H,12,13)(H,14,15). The van der Waals surface area contributed by atoms with E-state index in [2.05, 4.69) is 5.32 Å². The maximum atomic E-state index is 11.4. The van der Waals surface area contributed by atoms with Crippen molar-refractivity contribution in [1.29, 1.82) is 0 Å². The van der Waals surface area contributed by atoms with Gasteiger partial charge in [-0.05, 0) is 12.8 Å². The van der Waals surface area contributed by atoms with Gasteiger partial charge in [-0.3, -0.25) is 9.59 Å². The molecule has 1 fully saturated rings. The van der Waals surface area contributed by atoms with E-state index in [0.29, 0.717) is 12.8 Å². The quantitative estimate of drug-likeness (QED) is 0.742. The number of hydrogen-bond acceptors (Lipinski definition) is 2. The van der Waals surface area contributed by atoms with Gasteiger partial charge < -0.3 is 10.4 Å². The Labute approximate surface area is 90.0 Å². The number of carboxylic acids is 1. The number of hydrogen-bond donors (Lipinski definition) is 2. The van der Waals surface area contributed by atoms with Gasteiger partial charge >= 0.3 is 5.97 Å². The number of nitrogens with one attached hydrogen (secondary N) is 1. The van der Waals surface area contributed by atoms with Crippen LogP contribution in [-0.2, 0) is 9.59 Å². The van der Waals surface area contributed by atoms with Crippen LogP contribution in [0, 0.1) is 11.3 Å². The Morgan fingerprint density at radius 2 is 1.87 bits per heavy atom. The Bertz CT molecular complexity index is 255. The summed E-state index contributed by atoms with van der Waals surface area (Å²) >= 11 is 0. The summed E-state index contributed by atoms with van der Waals surface area (Å²) in [5.74, 6) is -0.927. The Hall–Kier alpha value is -1.06. The molecule has 0 aliphatic heterocycles. The molecule has 0 radical (unpaired) electrons. The molecule has 0 aromatic rings. The van der Waals surface area contributed by atoms with Gasteiger partial charge in [0.2, 0.25) is 5.91 Å². The molecule has 1 aliphatic rings. The monoisotopic (exact) mass is 213 g/mol. The summed E-state index contributed by atoms with van der Waals surface area (Å²) in [6, 6.07) is 0. The maximum Gasteiger partial charge on any atom is 0.311 e. The van der Waals surface area contributed by atoms with E-state index in [1.54, 1.807) is 13.8 Å². The van der Waals surface area contributed by atoms with Gasteiger partial charge in [-0.1, -0.05) is 26.7 Å². The van der Waals surface area contributed by atoms with Gasteiger partial charge in [-0.2, -0.15) is 0 Å². The number of rotatable bonds is 4. The number of aliphatic carboxylic acids is 1. The molecule has 1 rings (SSSR count). The molecule has 15 heavy (non-hydrogen) atoms. The van der Waals surface area contributed by atoms with Gasteiger partial charge in [0.25, 0.3) is 0 Å². The molecule has 4 heteroatoms. The first-order valence-corrected chi connectivity index (χ1v) is 5.49. The van der Waals surface area contributed by atoms with Crippen LogP contribution < -0.4 is 5.32 Å². The molecule has 0 atom stereocenters. The molecule has 2 N–H and O–H groups in total. The molecule has 0 aromatic heterocycles. The summed E-state index contributed by atoms with van der Waals surface area (Å²) < 4.78 is 0. The van der Waals surface area contributed by atoms with Crippen LogP contribution in [0.4, 0.5) is 0 Å². The van der Waals surface area contributed by atoms with Gasteiger partial charge in [0.1, 0.15) is 0 Å². The SMILES string of the molecule is CC(C)C(=O)NCC1(C(=O)O)CCCC1. The second kappa shape index (κ2) is 4.64. The number of carbonyl (C=O) groups is 2. The molecule has 1 amide bonds. The number of carbonyl (C=O) groups excluding carboxylic acids is 1. The van der Waals surface area contributed by atoms with Crippen molar-refractivity contribution in [2.24, 2.45) is 11.3 Å². The van der Waals surface area contributed by atoms with E-state index in [1.807, 2.05) is 0 Å². The van der Waals surface area contributed by atoms with Crippen LogP contribution >= 0.6 is 0 Å². The fourth-order valence-corrected chi connectivity index (χ4v) is 1.98. The first-order chi connectivity index (χ1) is 6.98.